The minimum atomic E-state index is 0.0428. The predicted molar refractivity (Wildman–Crippen MR) is 37.9 cm³/mol. The van der Waals surface area contributed by atoms with Crippen LogP contribution in [0.5, 0.6) is 0 Å². The van der Waals surface area contributed by atoms with E-state index in [1.165, 1.54) is 0 Å². The number of aromatic nitrogens is 2. The molecule has 0 saturated heterocycles. The second-order valence-corrected chi connectivity index (χ2v) is 2.11. The van der Waals surface area contributed by atoms with Gasteiger partial charge in [-0.25, -0.2) is 0 Å². The molecule has 0 saturated carbocycles. The predicted octanol–water partition coefficient (Wildman–Crippen LogP) is -0.676. The molecule has 0 spiro atoms. The van der Waals surface area contributed by atoms with E-state index in [0.717, 1.165) is 0 Å². The molecule has 0 unspecified atom stereocenters. The van der Waals surface area contributed by atoms with E-state index in [0.29, 0.717) is 24.7 Å². The Kier molecular flexibility index (Phi) is 3.00. The van der Waals surface area contributed by atoms with E-state index in [1.54, 1.807) is 0 Å². The van der Waals surface area contributed by atoms with Gasteiger partial charge in [0, 0.05) is 0 Å². The molecule has 0 aliphatic heterocycles. The normalized spacial score (nSPS) is 10.4. The third-order valence-corrected chi connectivity index (χ3v) is 1.17. The SMILES string of the molecule is CNCc1noc(CCO)n1. The van der Waals surface area contributed by atoms with Gasteiger partial charge in [-0.15, -0.1) is 0 Å². The van der Waals surface area contributed by atoms with Crippen LogP contribution in [0.1, 0.15) is 11.7 Å². The lowest BCUT2D eigenvalue weighted by molar-refractivity contribution is 0.273. The molecule has 1 heterocycles. The van der Waals surface area contributed by atoms with Crippen molar-refractivity contribution in [2.24, 2.45) is 0 Å². The van der Waals surface area contributed by atoms with Crippen molar-refractivity contribution in [3.8, 4) is 0 Å². The first-order chi connectivity index (χ1) is 5.36. The summed E-state index contributed by atoms with van der Waals surface area (Å²) in [7, 11) is 1.81. The minimum Gasteiger partial charge on any atom is -0.396 e. The number of nitrogens with zero attached hydrogens (tertiary/aromatic N) is 2. The van der Waals surface area contributed by atoms with Crippen LogP contribution < -0.4 is 5.32 Å². The van der Waals surface area contributed by atoms with Gasteiger partial charge < -0.3 is 14.9 Å². The summed E-state index contributed by atoms with van der Waals surface area (Å²) in [5.41, 5.74) is 0. The zero-order valence-corrected chi connectivity index (χ0v) is 6.37. The Morgan fingerprint density at radius 3 is 3.09 bits per heavy atom. The molecule has 0 aliphatic rings. The van der Waals surface area contributed by atoms with E-state index in [-0.39, 0.29) is 6.61 Å². The van der Waals surface area contributed by atoms with E-state index in [9.17, 15) is 0 Å². The van der Waals surface area contributed by atoms with Gasteiger partial charge >= 0.3 is 0 Å². The summed E-state index contributed by atoms with van der Waals surface area (Å²) >= 11 is 0. The first-order valence-electron chi connectivity index (χ1n) is 3.43. The van der Waals surface area contributed by atoms with Gasteiger partial charge in [0.1, 0.15) is 0 Å². The Balaban J connectivity index is 2.51. The molecule has 0 amide bonds. The number of aliphatic hydroxyl groups excluding tert-OH is 1. The molecule has 5 heteroatoms. The molecule has 0 atom stereocenters. The van der Waals surface area contributed by atoms with Gasteiger partial charge in [-0.1, -0.05) is 5.16 Å². The van der Waals surface area contributed by atoms with Crippen LogP contribution in [0.4, 0.5) is 0 Å². The Hall–Kier alpha value is -0.940. The fourth-order valence-electron chi connectivity index (χ4n) is 0.717. The van der Waals surface area contributed by atoms with E-state index >= 15 is 0 Å². The zero-order chi connectivity index (χ0) is 8.10. The number of nitrogens with one attached hydrogen (secondary N) is 1. The van der Waals surface area contributed by atoms with Crippen LogP contribution in [-0.2, 0) is 13.0 Å². The summed E-state index contributed by atoms with van der Waals surface area (Å²) in [6, 6.07) is 0. The Morgan fingerprint density at radius 2 is 2.45 bits per heavy atom. The average Bonchev–Trinajstić information content (AvgIpc) is 2.38. The van der Waals surface area contributed by atoms with Crippen LogP contribution in [0.3, 0.4) is 0 Å². The highest BCUT2D eigenvalue weighted by Gasteiger charge is 2.02. The van der Waals surface area contributed by atoms with Crippen molar-refractivity contribution in [3.63, 3.8) is 0 Å². The molecule has 5 nitrogen and oxygen atoms in total. The van der Waals surface area contributed by atoms with Crippen molar-refractivity contribution in [2.45, 2.75) is 13.0 Å². The molecule has 1 aromatic heterocycles. The molecule has 1 aromatic rings. The van der Waals surface area contributed by atoms with Crippen molar-refractivity contribution < 1.29 is 9.63 Å². The van der Waals surface area contributed by atoms with Gasteiger partial charge in [-0.05, 0) is 7.05 Å². The number of rotatable bonds is 4. The molecule has 0 aliphatic carbocycles. The van der Waals surface area contributed by atoms with E-state index in [1.807, 2.05) is 7.05 Å². The van der Waals surface area contributed by atoms with Crippen molar-refractivity contribution in [1.82, 2.24) is 15.5 Å². The number of hydrogen-bond acceptors (Lipinski definition) is 5. The molecule has 2 N–H and O–H groups in total. The van der Waals surface area contributed by atoms with E-state index in [4.69, 9.17) is 9.63 Å². The largest absolute Gasteiger partial charge is 0.396 e. The van der Waals surface area contributed by atoms with E-state index in [2.05, 4.69) is 15.5 Å². The van der Waals surface area contributed by atoms with Crippen LogP contribution in [-0.4, -0.2) is 28.9 Å². The van der Waals surface area contributed by atoms with Gasteiger partial charge in [0.2, 0.25) is 5.89 Å². The standard InChI is InChI=1S/C6H11N3O2/c1-7-4-5-8-6(2-3-10)11-9-5/h7,10H,2-4H2,1H3. The third-order valence-electron chi connectivity index (χ3n) is 1.17. The van der Waals surface area contributed by atoms with Gasteiger partial charge in [0.05, 0.1) is 19.6 Å². The molecular formula is C6H11N3O2. The Morgan fingerprint density at radius 1 is 1.64 bits per heavy atom. The maximum atomic E-state index is 8.52. The number of aliphatic hydroxyl groups is 1. The quantitative estimate of drug-likeness (QED) is 0.606. The van der Waals surface area contributed by atoms with Gasteiger partial charge in [-0.3, -0.25) is 0 Å². The molecular weight excluding hydrogens is 146 g/mol. The smallest absolute Gasteiger partial charge is 0.229 e. The summed E-state index contributed by atoms with van der Waals surface area (Å²) in [6.07, 6.45) is 0.427. The van der Waals surface area contributed by atoms with Crippen LogP contribution in [0, 0.1) is 0 Å². The molecule has 62 valence electrons. The first-order valence-corrected chi connectivity index (χ1v) is 3.43. The maximum absolute atomic E-state index is 8.52. The van der Waals surface area contributed by atoms with Crippen molar-refractivity contribution >= 4 is 0 Å². The van der Waals surface area contributed by atoms with Crippen molar-refractivity contribution in [2.75, 3.05) is 13.7 Å². The van der Waals surface area contributed by atoms with Crippen LogP contribution in [0.15, 0.2) is 4.52 Å². The highest BCUT2D eigenvalue weighted by atomic mass is 16.5. The summed E-state index contributed by atoms with van der Waals surface area (Å²) in [5, 5.41) is 15.1. The lowest BCUT2D eigenvalue weighted by Crippen LogP contribution is -2.06. The summed E-state index contributed by atoms with van der Waals surface area (Å²) < 4.78 is 4.80. The first kappa shape index (κ1) is 8.16. The van der Waals surface area contributed by atoms with Crippen molar-refractivity contribution in [3.05, 3.63) is 11.7 Å². The molecule has 1 rings (SSSR count). The van der Waals surface area contributed by atoms with Crippen molar-refractivity contribution in [1.29, 1.82) is 0 Å². The highest BCUT2D eigenvalue weighted by Crippen LogP contribution is 1.96. The molecule has 11 heavy (non-hydrogen) atoms. The fraction of sp³-hybridized carbons (Fsp3) is 0.667. The van der Waals surface area contributed by atoms with Crippen LogP contribution >= 0.6 is 0 Å². The average molecular weight is 157 g/mol. The fourth-order valence-corrected chi connectivity index (χ4v) is 0.717. The minimum absolute atomic E-state index is 0.0428. The van der Waals surface area contributed by atoms with Crippen LogP contribution in [0.2, 0.25) is 0 Å². The topological polar surface area (TPSA) is 71.2 Å². The van der Waals surface area contributed by atoms with E-state index < -0.39 is 0 Å². The zero-order valence-electron chi connectivity index (χ0n) is 6.37. The Bertz CT molecular complexity index is 191. The maximum Gasteiger partial charge on any atom is 0.229 e. The molecule has 0 bridgehead atoms. The monoisotopic (exact) mass is 157 g/mol. The molecule has 0 radical (unpaired) electrons. The van der Waals surface area contributed by atoms with Crippen LogP contribution in [0.25, 0.3) is 0 Å². The lowest BCUT2D eigenvalue weighted by atomic mass is 10.4. The molecule has 0 fully saturated rings. The van der Waals surface area contributed by atoms with Gasteiger partial charge in [-0.2, -0.15) is 4.98 Å². The summed E-state index contributed by atoms with van der Waals surface area (Å²) in [6.45, 7) is 0.635. The lowest BCUT2D eigenvalue weighted by Gasteiger charge is -1.86. The second-order valence-electron chi connectivity index (χ2n) is 2.11. The Labute approximate surface area is 64.4 Å². The van der Waals surface area contributed by atoms with Gasteiger partial charge in [0.15, 0.2) is 5.82 Å². The second kappa shape index (κ2) is 4.05. The highest BCUT2D eigenvalue weighted by molar-refractivity contribution is 4.85. The number of hydrogen-bond donors (Lipinski definition) is 2. The summed E-state index contributed by atoms with van der Waals surface area (Å²) in [4.78, 5) is 3.99. The summed E-state index contributed by atoms with van der Waals surface area (Å²) in [5.74, 6) is 1.11. The third kappa shape index (κ3) is 2.28. The molecule has 0 aromatic carbocycles. The van der Waals surface area contributed by atoms with Gasteiger partial charge in [0.25, 0.3) is 0 Å².